The molecule has 0 amide bonds. The lowest BCUT2D eigenvalue weighted by Crippen LogP contribution is -2.39. The van der Waals surface area contributed by atoms with Crippen LogP contribution in [-0.2, 0) is 0 Å². The van der Waals surface area contributed by atoms with E-state index in [4.69, 9.17) is 11.0 Å². The van der Waals surface area contributed by atoms with Crippen LogP contribution < -0.4 is 11.1 Å². The Balaban J connectivity index is 2.93. The van der Waals surface area contributed by atoms with Gasteiger partial charge in [-0.2, -0.15) is 5.26 Å². The molecule has 0 heterocycles. The number of rotatable bonds is 3. The maximum absolute atomic E-state index is 8.74. The van der Waals surface area contributed by atoms with Gasteiger partial charge < -0.3 is 11.1 Å². The Labute approximate surface area is 90.9 Å². The predicted octanol–water partition coefficient (Wildman–Crippen LogP) is 2.02. The van der Waals surface area contributed by atoms with Crippen LogP contribution in [0, 0.1) is 18.3 Å². The summed E-state index contributed by atoms with van der Waals surface area (Å²) in [5.74, 6) is 0. The first kappa shape index (κ1) is 11.5. The topological polar surface area (TPSA) is 61.8 Å². The van der Waals surface area contributed by atoms with E-state index in [1.807, 2.05) is 39.0 Å². The monoisotopic (exact) mass is 203 g/mol. The first-order valence-electron chi connectivity index (χ1n) is 4.97. The van der Waals surface area contributed by atoms with Crippen LogP contribution in [0.25, 0.3) is 0 Å². The zero-order valence-corrected chi connectivity index (χ0v) is 9.46. The Kier molecular flexibility index (Phi) is 3.33. The van der Waals surface area contributed by atoms with E-state index in [0.717, 1.165) is 11.3 Å². The van der Waals surface area contributed by atoms with Crippen LogP contribution in [0.2, 0.25) is 0 Å². The number of benzene rings is 1. The van der Waals surface area contributed by atoms with Gasteiger partial charge in [0.2, 0.25) is 0 Å². The molecule has 0 radical (unpaired) electrons. The fourth-order valence-corrected chi connectivity index (χ4v) is 1.29. The molecular formula is C12H17N3. The van der Waals surface area contributed by atoms with Gasteiger partial charge in [0.25, 0.3) is 0 Å². The van der Waals surface area contributed by atoms with Gasteiger partial charge in [0.05, 0.1) is 11.6 Å². The van der Waals surface area contributed by atoms with Gasteiger partial charge in [0.15, 0.2) is 0 Å². The highest BCUT2D eigenvalue weighted by Gasteiger charge is 2.15. The Morgan fingerprint density at radius 2 is 2.13 bits per heavy atom. The Morgan fingerprint density at radius 1 is 1.47 bits per heavy atom. The molecule has 3 N–H and O–H groups in total. The molecule has 0 saturated heterocycles. The number of nitrogens with two attached hydrogens (primary N) is 1. The summed E-state index contributed by atoms with van der Waals surface area (Å²) in [7, 11) is 0. The number of hydrogen-bond acceptors (Lipinski definition) is 3. The molecule has 0 aromatic heterocycles. The number of anilines is 1. The SMILES string of the molecule is Cc1cc(C#N)ccc1NC(C)(C)CN. The van der Waals surface area contributed by atoms with Gasteiger partial charge in [-0.25, -0.2) is 0 Å². The molecule has 1 rings (SSSR count). The average Bonchev–Trinajstić information content (AvgIpc) is 2.21. The van der Waals surface area contributed by atoms with Gasteiger partial charge in [-0.1, -0.05) is 0 Å². The summed E-state index contributed by atoms with van der Waals surface area (Å²) in [6, 6.07) is 7.72. The molecule has 0 saturated carbocycles. The van der Waals surface area contributed by atoms with Gasteiger partial charge in [-0.05, 0) is 44.5 Å². The zero-order chi connectivity index (χ0) is 11.5. The maximum atomic E-state index is 8.74. The second-order valence-corrected chi connectivity index (χ2v) is 4.35. The van der Waals surface area contributed by atoms with E-state index in [0.29, 0.717) is 12.1 Å². The van der Waals surface area contributed by atoms with E-state index >= 15 is 0 Å². The van der Waals surface area contributed by atoms with Crippen LogP contribution in [0.15, 0.2) is 18.2 Å². The van der Waals surface area contributed by atoms with Crippen molar-refractivity contribution < 1.29 is 0 Å². The van der Waals surface area contributed by atoms with Crippen molar-refractivity contribution in [3.05, 3.63) is 29.3 Å². The molecule has 0 fully saturated rings. The number of nitrogens with zero attached hydrogens (tertiary/aromatic N) is 1. The summed E-state index contributed by atoms with van der Waals surface area (Å²) < 4.78 is 0. The Morgan fingerprint density at radius 3 is 2.60 bits per heavy atom. The summed E-state index contributed by atoms with van der Waals surface area (Å²) in [5.41, 5.74) is 8.30. The van der Waals surface area contributed by atoms with E-state index in [1.54, 1.807) is 0 Å². The predicted molar refractivity (Wildman–Crippen MR) is 62.7 cm³/mol. The fourth-order valence-electron chi connectivity index (χ4n) is 1.29. The lowest BCUT2D eigenvalue weighted by atomic mass is 10.0. The molecule has 80 valence electrons. The molecule has 0 bridgehead atoms. The maximum Gasteiger partial charge on any atom is 0.0991 e. The first-order chi connectivity index (χ1) is 6.98. The molecule has 1 aromatic carbocycles. The standard InChI is InChI=1S/C12H17N3/c1-9-6-10(7-13)4-5-11(9)15-12(2,3)8-14/h4-6,15H,8,14H2,1-3H3. The molecule has 0 spiro atoms. The summed E-state index contributed by atoms with van der Waals surface area (Å²) in [6.45, 7) is 6.64. The third kappa shape index (κ3) is 2.97. The normalized spacial score (nSPS) is 10.9. The molecule has 0 aliphatic rings. The van der Waals surface area contributed by atoms with Gasteiger partial charge in [-0.3, -0.25) is 0 Å². The lowest BCUT2D eigenvalue weighted by Gasteiger charge is -2.26. The van der Waals surface area contributed by atoms with Gasteiger partial charge in [-0.15, -0.1) is 0 Å². The van der Waals surface area contributed by atoms with Crippen molar-refractivity contribution in [2.24, 2.45) is 5.73 Å². The van der Waals surface area contributed by atoms with E-state index in [1.165, 1.54) is 0 Å². The Bertz CT molecular complexity index is 388. The van der Waals surface area contributed by atoms with Crippen molar-refractivity contribution in [2.45, 2.75) is 26.3 Å². The molecule has 3 heteroatoms. The minimum absolute atomic E-state index is 0.126. The van der Waals surface area contributed by atoms with Crippen molar-refractivity contribution >= 4 is 5.69 Å². The van der Waals surface area contributed by atoms with Gasteiger partial charge in [0.1, 0.15) is 0 Å². The zero-order valence-electron chi connectivity index (χ0n) is 9.46. The average molecular weight is 203 g/mol. The number of aryl methyl sites for hydroxylation is 1. The molecule has 0 atom stereocenters. The van der Waals surface area contributed by atoms with Crippen molar-refractivity contribution in [2.75, 3.05) is 11.9 Å². The molecule has 0 unspecified atom stereocenters. The highest BCUT2D eigenvalue weighted by Crippen LogP contribution is 2.20. The van der Waals surface area contributed by atoms with Crippen LogP contribution in [0.3, 0.4) is 0 Å². The molecule has 3 nitrogen and oxygen atoms in total. The largest absolute Gasteiger partial charge is 0.379 e. The number of nitrogens with one attached hydrogen (secondary N) is 1. The highest BCUT2D eigenvalue weighted by atomic mass is 15.0. The molecule has 1 aromatic rings. The van der Waals surface area contributed by atoms with Crippen LogP contribution in [-0.4, -0.2) is 12.1 Å². The minimum Gasteiger partial charge on any atom is -0.379 e. The van der Waals surface area contributed by atoms with Crippen molar-refractivity contribution in [1.82, 2.24) is 0 Å². The first-order valence-corrected chi connectivity index (χ1v) is 4.97. The van der Waals surface area contributed by atoms with Crippen LogP contribution >= 0.6 is 0 Å². The summed E-state index contributed by atoms with van der Waals surface area (Å²) in [6.07, 6.45) is 0. The third-order valence-corrected chi connectivity index (χ3v) is 2.34. The lowest BCUT2D eigenvalue weighted by molar-refractivity contribution is 0.579. The number of nitriles is 1. The Hall–Kier alpha value is -1.53. The molecular weight excluding hydrogens is 186 g/mol. The minimum atomic E-state index is -0.126. The fraction of sp³-hybridized carbons (Fsp3) is 0.417. The van der Waals surface area contributed by atoms with E-state index in [9.17, 15) is 0 Å². The third-order valence-electron chi connectivity index (χ3n) is 2.34. The van der Waals surface area contributed by atoms with Crippen molar-refractivity contribution in [3.63, 3.8) is 0 Å². The van der Waals surface area contributed by atoms with Crippen molar-refractivity contribution in [1.29, 1.82) is 5.26 Å². The van der Waals surface area contributed by atoms with E-state index < -0.39 is 0 Å². The van der Waals surface area contributed by atoms with Gasteiger partial charge >= 0.3 is 0 Å². The van der Waals surface area contributed by atoms with Crippen LogP contribution in [0.4, 0.5) is 5.69 Å². The second-order valence-electron chi connectivity index (χ2n) is 4.35. The molecule has 0 aliphatic carbocycles. The summed E-state index contributed by atoms with van der Waals surface area (Å²) in [4.78, 5) is 0. The van der Waals surface area contributed by atoms with Gasteiger partial charge in [0, 0.05) is 17.8 Å². The molecule has 0 aliphatic heterocycles. The van der Waals surface area contributed by atoms with Crippen LogP contribution in [0.5, 0.6) is 0 Å². The number of hydrogen-bond donors (Lipinski definition) is 2. The van der Waals surface area contributed by atoms with E-state index in [2.05, 4.69) is 11.4 Å². The van der Waals surface area contributed by atoms with Crippen molar-refractivity contribution in [3.8, 4) is 6.07 Å². The molecule has 15 heavy (non-hydrogen) atoms. The summed E-state index contributed by atoms with van der Waals surface area (Å²) in [5, 5.41) is 12.1. The van der Waals surface area contributed by atoms with E-state index in [-0.39, 0.29) is 5.54 Å². The quantitative estimate of drug-likeness (QED) is 0.790. The highest BCUT2D eigenvalue weighted by molar-refractivity contribution is 5.55. The smallest absolute Gasteiger partial charge is 0.0991 e. The van der Waals surface area contributed by atoms with Crippen LogP contribution in [0.1, 0.15) is 25.0 Å². The summed E-state index contributed by atoms with van der Waals surface area (Å²) >= 11 is 0. The second kappa shape index (κ2) is 4.33.